The lowest BCUT2D eigenvalue weighted by atomic mass is 9.67. The third-order valence-corrected chi connectivity index (χ3v) is 6.33. The van der Waals surface area contributed by atoms with Crippen molar-refractivity contribution < 1.29 is 4.74 Å². The topological polar surface area (TPSA) is 9.23 Å². The Hall–Kier alpha value is -0.0400. The Bertz CT molecular complexity index is 255. The summed E-state index contributed by atoms with van der Waals surface area (Å²) in [6, 6.07) is 0. The second-order valence-corrected chi connectivity index (χ2v) is 7.44. The normalized spacial score (nSPS) is 43.7. The predicted molar refractivity (Wildman–Crippen MR) is 80.2 cm³/mol. The highest BCUT2D eigenvalue weighted by atomic mass is 16.5. The van der Waals surface area contributed by atoms with Crippen LogP contribution in [0.4, 0.5) is 0 Å². The maximum absolute atomic E-state index is 5.69. The molecule has 2 saturated carbocycles. The first-order chi connectivity index (χ1) is 9.36. The summed E-state index contributed by atoms with van der Waals surface area (Å²) < 4.78 is 5.69. The van der Waals surface area contributed by atoms with Gasteiger partial charge in [-0.15, -0.1) is 0 Å². The molecule has 0 amide bonds. The molecule has 1 heteroatoms. The fourth-order valence-corrected chi connectivity index (χ4v) is 4.97. The van der Waals surface area contributed by atoms with Crippen LogP contribution >= 0.6 is 0 Å². The molecule has 0 radical (unpaired) electrons. The van der Waals surface area contributed by atoms with E-state index in [9.17, 15) is 0 Å². The Morgan fingerprint density at radius 1 is 0.737 bits per heavy atom. The van der Waals surface area contributed by atoms with Crippen LogP contribution in [0.25, 0.3) is 0 Å². The van der Waals surface area contributed by atoms with Crippen LogP contribution in [0.1, 0.15) is 77.6 Å². The Kier molecular flexibility index (Phi) is 4.84. The summed E-state index contributed by atoms with van der Waals surface area (Å²) >= 11 is 0. The molecule has 0 aromatic rings. The first-order valence-electron chi connectivity index (χ1n) is 8.98. The van der Waals surface area contributed by atoms with E-state index in [4.69, 9.17) is 4.74 Å². The molecule has 1 saturated heterocycles. The smallest absolute Gasteiger partial charge is 0.0625 e. The first-order valence-corrected chi connectivity index (χ1v) is 8.98. The molecule has 3 fully saturated rings. The Balaban J connectivity index is 1.39. The van der Waals surface area contributed by atoms with E-state index in [0.29, 0.717) is 6.10 Å². The van der Waals surface area contributed by atoms with Gasteiger partial charge in [0.05, 0.1) is 6.10 Å². The lowest BCUT2D eigenvalue weighted by Gasteiger charge is -2.41. The Morgan fingerprint density at radius 2 is 1.26 bits per heavy atom. The molecule has 1 heterocycles. The lowest BCUT2D eigenvalue weighted by Crippen LogP contribution is -2.37. The average molecular weight is 264 g/mol. The minimum Gasteiger partial charge on any atom is -0.378 e. The molecule has 0 bridgehead atoms. The summed E-state index contributed by atoms with van der Waals surface area (Å²) in [4.78, 5) is 0. The molecule has 1 atom stereocenters. The van der Waals surface area contributed by atoms with Crippen molar-refractivity contribution in [2.75, 3.05) is 6.61 Å². The van der Waals surface area contributed by atoms with E-state index < -0.39 is 0 Å². The molecule has 3 rings (SSSR count). The highest BCUT2D eigenvalue weighted by Gasteiger charge is 2.35. The molecule has 1 aliphatic heterocycles. The van der Waals surface area contributed by atoms with Crippen molar-refractivity contribution in [2.24, 2.45) is 23.7 Å². The van der Waals surface area contributed by atoms with E-state index in [1.54, 1.807) is 12.8 Å². The highest BCUT2D eigenvalue weighted by molar-refractivity contribution is 4.85. The van der Waals surface area contributed by atoms with Gasteiger partial charge in [-0.1, -0.05) is 32.6 Å². The number of hydrogen-bond acceptors (Lipinski definition) is 1. The molecule has 1 unspecified atom stereocenters. The van der Waals surface area contributed by atoms with Gasteiger partial charge >= 0.3 is 0 Å². The van der Waals surface area contributed by atoms with Gasteiger partial charge in [0.2, 0.25) is 0 Å². The van der Waals surface area contributed by atoms with Crippen LogP contribution in [0.2, 0.25) is 0 Å². The van der Waals surface area contributed by atoms with Crippen molar-refractivity contribution in [1.82, 2.24) is 0 Å². The minimum absolute atomic E-state index is 0.654. The standard InChI is InChI=1S/C18H32O/c1-2-3-14-4-6-15(7-5-14)16-8-10-17(11-9-16)18-12-13-19-18/h14-18H,2-13H2,1H3. The molecule has 0 aromatic heterocycles. The molecule has 110 valence electrons. The van der Waals surface area contributed by atoms with Gasteiger partial charge < -0.3 is 4.74 Å². The fraction of sp³-hybridized carbons (Fsp3) is 1.00. The maximum Gasteiger partial charge on any atom is 0.0625 e. The molecule has 0 aromatic carbocycles. The number of rotatable bonds is 4. The van der Waals surface area contributed by atoms with E-state index in [1.807, 2.05) is 0 Å². The first kappa shape index (κ1) is 13.9. The molecular formula is C18H32O. The average Bonchev–Trinajstić information content (AvgIpc) is 2.39. The van der Waals surface area contributed by atoms with Gasteiger partial charge in [-0.25, -0.2) is 0 Å². The van der Waals surface area contributed by atoms with Gasteiger partial charge in [-0.2, -0.15) is 0 Å². The zero-order valence-corrected chi connectivity index (χ0v) is 12.8. The molecule has 0 N–H and O–H groups in total. The zero-order chi connectivity index (χ0) is 13.1. The van der Waals surface area contributed by atoms with Crippen LogP contribution < -0.4 is 0 Å². The summed E-state index contributed by atoms with van der Waals surface area (Å²) in [5.74, 6) is 4.14. The monoisotopic (exact) mass is 264 g/mol. The lowest BCUT2D eigenvalue weighted by molar-refractivity contribution is -0.0965. The minimum atomic E-state index is 0.654. The van der Waals surface area contributed by atoms with E-state index in [1.165, 1.54) is 57.8 Å². The van der Waals surface area contributed by atoms with Crippen LogP contribution in [0, 0.1) is 23.7 Å². The summed E-state index contributed by atoms with van der Waals surface area (Å²) in [6.45, 7) is 3.38. The van der Waals surface area contributed by atoms with Gasteiger partial charge in [0.1, 0.15) is 0 Å². The number of hydrogen-bond donors (Lipinski definition) is 0. The van der Waals surface area contributed by atoms with Gasteiger partial charge in [0.25, 0.3) is 0 Å². The quantitative estimate of drug-likeness (QED) is 0.679. The molecule has 3 aliphatic rings. The third-order valence-electron chi connectivity index (χ3n) is 6.33. The van der Waals surface area contributed by atoms with Crippen LogP contribution in [-0.4, -0.2) is 12.7 Å². The summed E-state index contributed by atoms with van der Waals surface area (Å²) in [5, 5.41) is 0. The van der Waals surface area contributed by atoms with Gasteiger partial charge in [-0.3, -0.25) is 0 Å². The highest BCUT2D eigenvalue weighted by Crippen LogP contribution is 2.44. The van der Waals surface area contributed by atoms with E-state index in [-0.39, 0.29) is 0 Å². The van der Waals surface area contributed by atoms with Gasteiger partial charge in [0.15, 0.2) is 0 Å². The molecule has 2 aliphatic carbocycles. The van der Waals surface area contributed by atoms with E-state index >= 15 is 0 Å². The van der Waals surface area contributed by atoms with Crippen LogP contribution in [0.15, 0.2) is 0 Å². The van der Waals surface area contributed by atoms with E-state index in [2.05, 4.69) is 6.92 Å². The second kappa shape index (κ2) is 6.61. The van der Waals surface area contributed by atoms with Crippen molar-refractivity contribution in [2.45, 2.75) is 83.7 Å². The van der Waals surface area contributed by atoms with Crippen molar-refractivity contribution in [1.29, 1.82) is 0 Å². The summed E-state index contributed by atoms with van der Waals surface area (Å²) in [6.07, 6.45) is 17.0. The Morgan fingerprint density at radius 3 is 1.74 bits per heavy atom. The van der Waals surface area contributed by atoms with Gasteiger partial charge in [-0.05, 0) is 68.6 Å². The molecule has 0 spiro atoms. The second-order valence-electron chi connectivity index (χ2n) is 7.44. The number of ether oxygens (including phenoxy) is 1. The molecule has 19 heavy (non-hydrogen) atoms. The summed E-state index contributed by atoms with van der Waals surface area (Å²) in [5.41, 5.74) is 0. The predicted octanol–water partition coefficient (Wildman–Crippen LogP) is 5.19. The zero-order valence-electron chi connectivity index (χ0n) is 12.8. The fourth-order valence-electron chi connectivity index (χ4n) is 4.97. The van der Waals surface area contributed by atoms with Gasteiger partial charge in [0, 0.05) is 6.61 Å². The van der Waals surface area contributed by atoms with Crippen molar-refractivity contribution in [3.63, 3.8) is 0 Å². The van der Waals surface area contributed by atoms with Crippen molar-refractivity contribution in [3.05, 3.63) is 0 Å². The van der Waals surface area contributed by atoms with Crippen LogP contribution in [0.5, 0.6) is 0 Å². The van der Waals surface area contributed by atoms with Crippen LogP contribution in [-0.2, 0) is 4.74 Å². The SMILES string of the molecule is CCCC1CCC(C2CCC(C3CCO3)CC2)CC1. The maximum atomic E-state index is 5.69. The van der Waals surface area contributed by atoms with Crippen molar-refractivity contribution in [3.8, 4) is 0 Å². The Labute approximate surface area is 119 Å². The summed E-state index contributed by atoms with van der Waals surface area (Å²) in [7, 11) is 0. The van der Waals surface area contributed by atoms with Crippen LogP contribution in [0.3, 0.4) is 0 Å². The molecule has 1 nitrogen and oxygen atoms in total. The van der Waals surface area contributed by atoms with Crippen molar-refractivity contribution >= 4 is 0 Å². The molecular weight excluding hydrogens is 232 g/mol. The van der Waals surface area contributed by atoms with E-state index in [0.717, 1.165) is 30.3 Å². The largest absolute Gasteiger partial charge is 0.378 e. The third kappa shape index (κ3) is 3.35.